The fraction of sp³-hybridized carbons (Fsp3) is 0.353. The molecule has 7 nitrogen and oxygen atoms in total. The van der Waals surface area contributed by atoms with Gasteiger partial charge >= 0.3 is 5.97 Å². The lowest BCUT2D eigenvalue weighted by Gasteiger charge is -2.21. The maximum absolute atomic E-state index is 13.6. The number of fused-ring (bicyclic) bond motifs is 3. The summed E-state index contributed by atoms with van der Waals surface area (Å²) in [6.45, 7) is 7.06. The highest BCUT2D eigenvalue weighted by Gasteiger charge is 2.30. The van der Waals surface area contributed by atoms with Crippen LogP contribution in [0.25, 0.3) is 32.8 Å². The second-order valence-corrected chi connectivity index (χ2v) is 11.5. The van der Waals surface area contributed by atoms with E-state index in [2.05, 4.69) is 47.7 Å². The zero-order valence-electron chi connectivity index (χ0n) is 24.7. The van der Waals surface area contributed by atoms with Crippen molar-refractivity contribution >= 4 is 39.2 Å². The summed E-state index contributed by atoms with van der Waals surface area (Å²) in [6.07, 6.45) is 2.29. The minimum absolute atomic E-state index is 0.297. The summed E-state index contributed by atoms with van der Waals surface area (Å²) in [7, 11) is 4.09. The molecule has 1 aliphatic heterocycles. The Morgan fingerprint density at radius 3 is 2.64 bits per heavy atom. The Hall–Kier alpha value is -3.81. The number of ether oxygens (including phenoxy) is 2. The van der Waals surface area contributed by atoms with E-state index in [0.717, 1.165) is 81.4 Å². The number of esters is 1. The summed E-state index contributed by atoms with van der Waals surface area (Å²) >= 11 is 7.02. The topological polar surface area (TPSA) is 61.5 Å². The van der Waals surface area contributed by atoms with Crippen LogP contribution in [0.4, 0.5) is 0 Å². The first-order valence-corrected chi connectivity index (χ1v) is 15.1. The van der Waals surface area contributed by atoms with Gasteiger partial charge in [0.15, 0.2) is 0 Å². The molecule has 5 aromatic rings. The van der Waals surface area contributed by atoms with E-state index in [1.165, 1.54) is 0 Å². The molecule has 0 unspecified atom stereocenters. The Balaban J connectivity index is 1.45. The van der Waals surface area contributed by atoms with Crippen molar-refractivity contribution in [1.82, 2.24) is 19.2 Å². The van der Waals surface area contributed by atoms with Crippen molar-refractivity contribution in [2.45, 2.75) is 46.2 Å². The molecule has 3 heterocycles. The van der Waals surface area contributed by atoms with E-state index in [9.17, 15) is 4.79 Å². The molecule has 1 aliphatic rings. The van der Waals surface area contributed by atoms with Gasteiger partial charge in [-0.3, -0.25) is 4.68 Å². The summed E-state index contributed by atoms with van der Waals surface area (Å²) in [5, 5.41) is 8.82. The molecule has 0 N–H and O–H groups in total. The highest BCUT2D eigenvalue weighted by atomic mass is 35.5. The molecule has 0 amide bonds. The second kappa shape index (κ2) is 11.8. The maximum atomic E-state index is 13.6. The summed E-state index contributed by atoms with van der Waals surface area (Å²) < 4.78 is 16.0. The van der Waals surface area contributed by atoms with Crippen molar-refractivity contribution in [2.75, 3.05) is 26.8 Å². The van der Waals surface area contributed by atoms with Crippen molar-refractivity contribution in [3.05, 3.63) is 82.3 Å². The highest BCUT2D eigenvalue weighted by molar-refractivity contribution is 6.35. The van der Waals surface area contributed by atoms with Crippen LogP contribution < -0.4 is 4.74 Å². The number of carbonyl (C=O) groups is 1. The lowest BCUT2D eigenvalue weighted by molar-refractivity contribution is 0.0512. The molecule has 0 spiro atoms. The van der Waals surface area contributed by atoms with Gasteiger partial charge in [-0.05, 0) is 69.8 Å². The van der Waals surface area contributed by atoms with E-state index in [1.54, 1.807) is 0 Å². The first kappa shape index (κ1) is 28.3. The van der Waals surface area contributed by atoms with Gasteiger partial charge in [0.2, 0.25) is 0 Å². The fourth-order valence-electron chi connectivity index (χ4n) is 6.34. The first-order valence-electron chi connectivity index (χ1n) is 14.7. The maximum Gasteiger partial charge on any atom is 0.355 e. The number of nitrogens with zero attached hydrogens (tertiary/aromatic N) is 4. The predicted octanol–water partition coefficient (Wildman–Crippen LogP) is 7.18. The molecular formula is C34H37ClN4O3. The quantitative estimate of drug-likeness (QED) is 0.150. The summed E-state index contributed by atoms with van der Waals surface area (Å²) in [5.41, 5.74) is 6.60. The number of hydrogen-bond donors (Lipinski definition) is 0. The zero-order chi connectivity index (χ0) is 29.4. The normalized spacial score (nSPS) is 13.8. The number of aromatic nitrogens is 3. The van der Waals surface area contributed by atoms with Gasteiger partial charge in [-0.25, -0.2) is 4.79 Å². The summed E-state index contributed by atoms with van der Waals surface area (Å²) in [6, 6.07) is 18.4. The van der Waals surface area contributed by atoms with Crippen molar-refractivity contribution in [3.8, 4) is 16.9 Å². The van der Waals surface area contributed by atoms with Gasteiger partial charge in [-0.2, -0.15) is 5.10 Å². The standard InChI is InChI=1S/C34H37ClN4O3/c1-5-41-34(40)33-25(14-9-20-42-29-15-8-12-23-11-6-7-13-24(23)29)26-16-17-27(35)31-30-22(2)38(4)36-28(30)21-37(3)18-10-19-39(33)32(26)31/h6-8,11-13,15-17H,5,9-10,14,18-21H2,1-4H3. The van der Waals surface area contributed by atoms with Crippen LogP contribution in [0.3, 0.4) is 0 Å². The number of benzene rings is 3. The largest absolute Gasteiger partial charge is 0.493 e. The van der Waals surface area contributed by atoms with Gasteiger partial charge in [0.1, 0.15) is 11.4 Å². The van der Waals surface area contributed by atoms with Crippen LogP contribution >= 0.6 is 11.6 Å². The van der Waals surface area contributed by atoms with Crippen LogP contribution in [-0.2, 0) is 31.3 Å². The third-order valence-corrected chi connectivity index (χ3v) is 8.64. The molecule has 0 fully saturated rings. The average molecular weight is 585 g/mol. The molecular weight excluding hydrogens is 548 g/mol. The van der Waals surface area contributed by atoms with Crippen LogP contribution in [0.2, 0.25) is 5.02 Å². The molecule has 0 aliphatic carbocycles. The van der Waals surface area contributed by atoms with Gasteiger partial charge in [-0.15, -0.1) is 0 Å². The fourth-order valence-corrected chi connectivity index (χ4v) is 6.59. The number of carbonyl (C=O) groups excluding carboxylic acids is 1. The Labute approximate surface area is 251 Å². The molecule has 0 saturated carbocycles. The lowest BCUT2D eigenvalue weighted by Crippen LogP contribution is -2.23. The van der Waals surface area contributed by atoms with Gasteiger partial charge in [0.05, 0.1) is 29.4 Å². The van der Waals surface area contributed by atoms with Crippen LogP contribution in [0.5, 0.6) is 5.75 Å². The second-order valence-electron chi connectivity index (χ2n) is 11.1. The highest BCUT2D eigenvalue weighted by Crippen LogP contribution is 2.43. The van der Waals surface area contributed by atoms with Gasteiger partial charge in [0.25, 0.3) is 0 Å². The lowest BCUT2D eigenvalue weighted by atomic mass is 9.97. The van der Waals surface area contributed by atoms with Crippen LogP contribution in [0, 0.1) is 6.92 Å². The third kappa shape index (κ3) is 5.05. The molecule has 0 saturated heterocycles. The van der Waals surface area contributed by atoms with Crippen molar-refractivity contribution in [3.63, 3.8) is 0 Å². The monoisotopic (exact) mass is 584 g/mol. The SMILES string of the molecule is CCOC(=O)c1c(CCCOc2cccc3ccccc23)c2ccc(Cl)c3c2n1CCCN(C)Cc1nn(C)c(C)c1-3. The van der Waals surface area contributed by atoms with Crippen LogP contribution in [0.15, 0.2) is 54.6 Å². The molecule has 3 aromatic carbocycles. The van der Waals surface area contributed by atoms with Crippen LogP contribution in [-0.4, -0.2) is 52.0 Å². The van der Waals surface area contributed by atoms with Crippen molar-refractivity contribution in [2.24, 2.45) is 7.05 Å². The third-order valence-electron chi connectivity index (χ3n) is 8.32. The number of rotatable bonds is 7. The number of hydrogen-bond acceptors (Lipinski definition) is 5. The van der Waals surface area contributed by atoms with E-state index in [-0.39, 0.29) is 5.97 Å². The Bertz CT molecular complexity index is 1780. The summed E-state index contributed by atoms with van der Waals surface area (Å²) in [5.74, 6) is 0.576. The molecule has 0 atom stereocenters. The predicted molar refractivity (Wildman–Crippen MR) is 169 cm³/mol. The molecule has 0 bridgehead atoms. The molecule has 8 heteroatoms. The van der Waals surface area contributed by atoms with Gasteiger partial charge in [0, 0.05) is 47.7 Å². The van der Waals surface area contributed by atoms with E-state index in [4.69, 9.17) is 26.2 Å². The van der Waals surface area contributed by atoms with E-state index in [0.29, 0.717) is 36.9 Å². The Kier molecular flexibility index (Phi) is 7.97. The molecule has 42 heavy (non-hydrogen) atoms. The number of aryl methyl sites for hydroxylation is 3. The van der Waals surface area contributed by atoms with Crippen LogP contribution in [0.1, 0.15) is 47.2 Å². The smallest absolute Gasteiger partial charge is 0.355 e. The zero-order valence-corrected chi connectivity index (χ0v) is 25.5. The minimum atomic E-state index is -0.297. The van der Waals surface area contributed by atoms with Gasteiger partial charge in [-0.1, -0.05) is 54.1 Å². The Morgan fingerprint density at radius 1 is 1.00 bits per heavy atom. The minimum Gasteiger partial charge on any atom is -0.493 e. The van der Waals surface area contributed by atoms with E-state index < -0.39 is 0 Å². The van der Waals surface area contributed by atoms with Crippen molar-refractivity contribution in [1.29, 1.82) is 0 Å². The Morgan fingerprint density at radius 2 is 1.81 bits per heavy atom. The van der Waals surface area contributed by atoms with E-state index in [1.807, 2.05) is 49.0 Å². The van der Waals surface area contributed by atoms with E-state index >= 15 is 0 Å². The summed E-state index contributed by atoms with van der Waals surface area (Å²) in [4.78, 5) is 15.9. The first-order chi connectivity index (χ1) is 20.4. The number of halogens is 1. The molecule has 2 aromatic heterocycles. The molecule has 6 rings (SSSR count). The molecule has 218 valence electrons. The molecule has 0 radical (unpaired) electrons. The average Bonchev–Trinajstić information content (AvgIpc) is 3.43. The van der Waals surface area contributed by atoms with Crippen molar-refractivity contribution < 1.29 is 14.3 Å². The van der Waals surface area contributed by atoms with Gasteiger partial charge < -0.3 is 18.9 Å².